The van der Waals surface area contributed by atoms with E-state index in [-0.39, 0.29) is 4.75 Å². The first-order valence-corrected chi connectivity index (χ1v) is 9.59. The largest absolute Gasteiger partial charge is 0.314 e. The zero-order chi connectivity index (χ0) is 15.6. The first-order valence-electron chi connectivity index (χ1n) is 8.77. The molecule has 3 heteroatoms. The van der Waals surface area contributed by atoms with E-state index in [4.69, 9.17) is 0 Å². The number of hydrogen-bond acceptors (Lipinski definition) is 3. The van der Waals surface area contributed by atoms with Crippen molar-refractivity contribution in [1.82, 2.24) is 10.2 Å². The molecule has 2 nitrogen and oxygen atoms in total. The van der Waals surface area contributed by atoms with Gasteiger partial charge in [-0.15, -0.1) is 11.8 Å². The average molecular weight is 319 g/mol. The van der Waals surface area contributed by atoms with Gasteiger partial charge in [-0.05, 0) is 30.4 Å². The molecule has 22 heavy (non-hydrogen) atoms. The van der Waals surface area contributed by atoms with Crippen LogP contribution in [0.15, 0.2) is 29.2 Å². The van der Waals surface area contributed by atoms with Gasteiger partial charge < -0.3 is 5.32 Å². The highest BCUT2D eigenvalue weighted by Crippen LogP contribution is 2.45. The molecule has 0 aromatic heterocycles. The van der Waals surface area contributed by atoms with Crippen LogP contribution in [0.2, 0.25) is 0 Å². The summed E-state index contributed by atoms with van der Waals surface area (Å²) in [7, 11) is 0. The molecule has 1 atom stereocenters. The lowest BCUT2D eigenvalue weighted by atomic mass is 9.76. The van der Waals surface area contributed by atoms with Crippen molar-refractivity contribution in [3.8, 4) is 0 Å². The minimum atomic E-state index is 0.268. The van der Waals surface area contributed by atoms with E-state index in [1.165, 1.54) is 37.2 Å². The van der Waals surface area contributed by atoms with Crippen LogP contribution in [0.5, 0.6) is 0 Å². The van der Waals surface area contributed by atoms with Crippen molar-refractivity contribution < 1.29 is 0 Å². The number of benzene rings is 1. The van der Waals surface area contributed by atoms with E-state index in [1.807, 2.05) is 11.8 Å². The summed E-state index contributed by atoms with van der Waals surface area (Å²) < 4.78 is 0.268. The minimum absolute atomic E-state index is 0.268. The van der Waals surface area contributed by atoms with Gasteiger partial charge in [-0.2, -0.15) is 0 Å². The number of nitrogens with one attached hydrogen (secondary N) is 1. The highest BCUT2D eigenvalue weighted by Gasteiger charge is 2.35. The first kappa shape index (κ1) is 16.4. The lowest BCUT2D eigenvalue weighted by molar-refractivity contribution is 0.0820. The fourth-order valence-corrected chi connectivity index (χ4v) is 4.73. The summed E-state index contributed by atoms with van der Waals surface area (Å²) in [6, 6.07) is 9.78. The van der Waals surface area contributed by atoms with Gasteiger partial charge in [0.2, 0.25) is 0 Å². The molecule has 122 valence electrons. The molecule has 0 bridgehead atoms. The molecule has 1 aromatic carbocycles. The molecular weight excluding hydrogens is 288 g/mol. The van der Waals surface area contributed by atoms with E-state index in [9.17, 15) is 0 Å². The normalized spacial score (nSPS) is 22.3. The van der Waals surface area contributed by atoms with Gasteiger partial charge >= 0.3 is 0 Å². The zero-order valence-electron chi connectivity index (χ0n) is 14.3. The molecule has 1 heterocycles. The van der Waals surface area contributed by atoms with Gasteiger partial charge in [0.1, 0.15) is 0 Å². The van der Waals surface area contributed by atoms with E-state index in [0.717, 1.165) is 19.0 Å². The number of thioether (sulfide) groups is 1. The fourth-order valence-electron chi connectivity index (χ4n) is 3.61. The van der Waals surface area contributed by atoms with Crippen LogP contribution in [-0.4, -0.2) is 35.8 Å². The molecule has 0 spiro atoms. The van der Waals surface area contributed by atoms with Crippen molar-refractivity contribution in [2.75, 3.05) is 26.2 Å². The molecule has 1 aliphatic heterocycles. The van der Waals surface area contributed by atoms with Gasteiger partial charge in [-0.3, -0.25) is 4.90 Å². The van der Waals surface area contributed by atoms with Crippen molar-refractivity contribution >= 4 is 11.8 Å². The summed E-state index contributed by atoms with van der Waals surface area (Å²) in [4.78, 5) is 4.23. The quantitative estimate of drug-likeness (QED) is 0.832. The van der Waals surface area contributed by atoms with E-state index in [1.54, 1.807) is 5.56 Å². The van der Waals surface area contributed by atoms with Gasteiger partial charge in [0.15, 0.2) is 0 Å². The van der Waals surface area contributed by atoms with Crippen molar-refractivity contribution in [1.29, 1.82) is 0 Å². The summed E-state index contributed by atoms with van der Waals surface area (Å²) in [5, 5.41) is 3.50. The molecule has 1 aliphatic carbocycles. The van der Waals surface area contributed by atoms with Crippen molar-refractivity contribution in [3.63, 3.8) is 0 Å². The summed E-state index contributed by atoms with van der Waals surface area (Å²) >= 11 is 2.03. The maximum atomic E-state index is 3.50. The van der Waals surface area contributed by atoms with Gasteiger partial charge in [0.25, 0.3) is 0 Å². The number of rotatable bonds is 4. The lowest BCUT2D eigenvalue weighted by Crippen LogP contribution is -2.48. The van der Waals surface area contributed by atoms with E-state index < -0.39 is 0 Å². The SMILES string of the molecule is CC(C)(C)Sc1ccccc1[C@H](C1CCC1)N1CCNCC1. The van der Waals surface area contributed by atoms with E-state index in [0.29, 0.717) is 6.04 Å². The molecule has 3 rings (SSSR count). The monoisotopic (exact) mass is 318 g/mol. The second-order valence-electron chi connectivity index (χ2n) is 7.67. The van der Waals surface area contributed by atoms with Crippen LogP contribution in [0, 0.1) is 5.92 Å². The predicted molar refractivity (Wildman–Crippen MR) is 96.6 cm³/mol. The number of hydrogen-bond donors (Lipinski definition) is 1. The second-order valence-corrected chi connectivity index (χ2v) is 9.54. The second kappa shape index (κ2) is 6.94. The maximum Gasteiger partial charge on any atom is 0.0388 e. The predicted octanol–water partition coefficient (Wildman–Crippen LogP) is 4.32. The van der Waals surface area contributed by atoms with Gasteiger partial charge in [-0.25, -0.2) is 0 Å². The number of piperazine rings is 1. The van der Waals surface area contributed by atoms with Crippen LogP contribution in [0.25, 0.3) is 0 Å². The third kappa shape index (κ3) is 3.87. The van der Waals surface area contributed by atoms with Crippen LogP contribution in [0.3, 0.4) is 0 Å². The van der Waals surface area contributed by atoms with Crippen LogP contribution in [0.4, 0.5) is 0 Å². The Kier molecular flexibility index (Phi) is 5.16. The Labute approximate surface area is 140 Å². The molecule has 1 saturated heterocycles. The van der Waals surface area contributed by atoms with Gasteiger partial charge in [0.05, 0.1) is 0 Å². The lowest BCUT2D eigenvalue weighted by Gasteiger charge is -2.44. The average Bonchev–Trinajstić information content (AvgIpc) is 2.43. The smallest absolute Gasteiger partial charge is 0.0388 e. The van der Waals surface area contributed by atoms with Crippen molar-refractivity contribution in [3.05, 3.63) is 29.8 Å². The van der Waals surface area contributed by atoms with Crippen LogP contribution in [-0.2, 0) is 0 Å². The maximum absolute atomic E-state index is 3.50. The first-order chi connectivity index (χ1) is 10.5. The van der Waals surface area contributed by atoms with Gasteiger partial charge in [0, 0.05) is 41.9 Å². The van der Waals surface area contributed by atoms with Crippen LogP contribution >= 0.6 is 11.8 Å². The fraction of sp³-hybridized carbons (Fsp3) is 0.684. The van der Waals surface area contributed by atoms with E-state index in [2.05, 4.69) is 55.3 Å². The molecule has 2 fully saturated rings. The molecule has 0 unspecified atom stereocenters. The molecular formula is C19H30N2S. The molecule has 2 aliphatic rings. The van der Waals surface area contributed by atoms with E-state index >= 15 is 0 Å². The highest BCUT2D eigenvalue weighted by atomic mass is 32.2. The summed E-state index contributed by atoms with van der Waals surface area (Å²) in [6.07, 6.45) is 4.23. The Hall–Kier alpha value is -0.510. The topological polar surface area (TPSA) is 15.3 Å². The van der Waals surface area contributed by atoms with Crippen molar-refractivity contribution in [2.24, 2.45) is 5.92 Å². The van der Waals surface area contributed by atoms with Gasteiger partial charge in [-0.1, -0.05) is 45.4 Å². The summed E-state index contributed by atoms with van der Waals surface area (Å²) in [6.45, 7) is 11.6. The summed E-state index contributed by atoms with van der Waals surface area (Å²) in [5.74, 6) is 0.861. The zero-order valence-corrected chi connectivity index (χ0v) is 15.1. The standard InChI is InChI=1S/C19H30N2S/c1-19(2,3)22-17-10-5-4-9-16(17)18(15-7-6-8-15)21-13-11-20-12-14-21/h4-5,9-10,15,18,20H,6-8,11-14H2,1-3H3/t18-/m0/s1. The Morgan fingerprint density at radius 2 is 1.82 bits per heavy atom. The molecule has 0 amide bonds. The molecule has 1 saturated carbocycles. The summed E-state index contributed by atoms with van der Waals surface area (Å²) in [5.41, 5.74) is 1.58. The molecule has 1 N–H and O–H groups in total. The highest BCUT2D eigenvalue weighted by molar-refractivity contribution is 8.00. The van der Waals surface area contributed by atoms with Crippen LogP contribution in [0.1, 0.15) is 51.6 Å². The third-order valence-corrected chi connectivity index (χ3v) is 6.00. The van der Waals surface area contributed by atoms with Crippen molar-refractivity contribution in [2.45, 2.75) is 55.7 Å². The molecule has 1 aromatic rings. The Balaban J connectivity index is 1.89. The Morgan fingerprint density at radius 3 is 2.41 bits per heavy atom. The minimum Gasteiger partial charge on any atom is -0.314 e. The molecule has 0 radical (unpaired) electrons. The Morgan fingerprint density at radius 1 is 1.14 bits per heavy atom. The Bertz CT molecular complexity index is 484. The number of nitrogens with zero attached hydrogens (tertiary/aromatic N) is 1. The third-order valence-electron chi connectivity index (χ3n) is 4.80. The van der Waals surface area contributed by atoms with Crippen LogP contribution < -0.4 is 5.32 Å².